The highest BCUT2D eigenvalue weighted by molar-refractivity contribution is 5.95. The maximum absolute atomic E-state index is 12.6. The smallest absolute Gasteiger partial charge is 0.273 e. The number of nitrogens with zero attached hydrogens (tertiary/aromatic N) is 2. The van der Waals surface area contributed by atoms with Crippen LogP contribution in [0.15, 0.2) is 59.7 Å². The number of aliphatic hydroxyl groups excluding tert-OH is 1. The van der Waals surface area contributed by atoms with E-state index < -0.39 is 23.0 Å². The predicted octanol–water partition coefficient (Wildman–Crippen LogP) is 1.35. The first kappa shape index (κ1) is 18.7. The average Bonchev–Trinajstić information content (AvgIpc) is 2.70. The van der Waals surface area contributed by atoms with E-state index in [0.29, 0.717) is 6.42 Å². The number of amides is 1. The van der Waals surface area contributed by atoms with E-state index in [-0.39, 0.29) is 11.4 Å². The second kappa shape index (κ2) is 7.28. The molecule has 0 saturated heterocycles. The molecular weight excluding hydrogens is 346 g/mol. The van der Waals surface area contributed by atoms with Crippen molar-refractivity contribution in [2.45, 2.75) is 25.0 Å². The van der Waals surface area contributed by atoms with Crippen molar-refractivity contribution in [3.8, 4) is 5.75 Å². The zero-order valence-electron chi connectivity index (χ0n) is 15.5. The van der Waals surface area contributed by atoms with Gasteiger partial charge in [0.25, 0.3) is 5.91 Å². The standard InChI is InChI=1S/C20H23N3O4/c1-20(14-8-5-4-6-9-14)16(25)10-7-12-23(20)22-13-11-15(24)18(27-3)17(22)19(26)21-2/h4-9,11-13,16,25H,10H2,1-3H3,(H,21,26). The second-order valence-electron chi connectivity index (χ2n) is 6.48. The zero-order valence-corrected chi connectivity index (χ0v) is 15.5. The fourth-order valence-corrected chi connectivity index (χ4v) is 3.43. The van der Waals surface area contributed by atoms with Gasteiger partial charge in [0.2, 0.25) is 5.43 Å². The van der Waals surface area contributed by atoms with Crippen LogP contribution in [-0.2, 0) is 5.54 Å². The highest BCUT2D eigenvalue weighted by Gasteiger charge is 2.43. The topological polar surface area (TPSA) is 83.8 Å². The molecule has 7 nitrogen and oxygen atoms in total. The summed E-state index contributed by atoms with van der Waals surface area (Å²) in [4.78, 5) is 24.8. The Morgan fingerprint density at radius 2 is 2.00 bits per heavy atom. The number of methoxy groups -OCH3 is 1. The van der Waals surface area contributed by atoms with Crippen LogP contribution in [-0.4, -0.2) is 36.0 Å². The molecule has 1 aromatic carbocycles. The van der Waals surface area contributed by atoms with E-state index in [1.54, 1.807) is 15.9 Å². The monoisotopic (exact) mass is 369 g/mol. The lowest BCUT2D eigenvalue weighted by Crippen LogP contribution is -2.57. The number of pyridine rings is 1. The van der Waals surface area contributed by atoms with Gasteiger partial charge in [0.1, 0.15) is 5.54 Å². The Kier molecular flexibility index (Phi) is 5.05. The van der Waals surface area contributed by atoms with E-state index in [4.69, 9.17) is 4.74 Å². The van der Waals surface area contributed by atoms with Crippen LogP contribution < -0.4 is 20.5 Å². The third kappa shape index (κ3) is 3.00. The Hall–Kier alpha value is -3.06. The summed E-state index contributed by atoms with van der Waals surface area (Å²) in [7, 11) is 2.84. The molecule has 1 aromatic heterocycles. The van der Waals surface area contributed by atoms with Crippen molar-refractivity contribution in [2.24, 2.45) is 0 Å². The molecule has 142 valence electrons. The summed E-state index contributed by atoms with van der Waals surface area (Å²) in [6.07, 6.45) is 4.88. The average molecular weight is 369 g/mol. The number of rotatable bonds is 4. The fraction of sp³-hybridized carbons (Fsp3) is 0.300. The Morgan fingerprint density at radius 1 is 1.30 bits per heavy atom. The number of aliphatic hydroxyl groups is 1. The number of hydrogen-bond acceptors (Lipinski definition) is 5. The van der Waals surface area contributed by atoms with E-state index in [1.807, 2.05) is 43.3 Å². The lowest BCUT2D eigenvalue weighted by Gasteiger charge is -2.47. The lowest BCUT2D eigenvalue weighted by atomic mass is 9.82. The first-order valence-corrected chi connectivity index (χ1v) is 8.66. The summed E-state index contributed by atoms with van der Waals surface area (Å²) in [6.45, 7) is 1.90. The minimum atomic E-state index is -0.862. The van der Waals surface area contributed by atoms with Gasteiger partial charge < -0.3 is 15.2 Å². The van der Waals surface area contributed by atoms with Crippen molar-refractivity contribution < 1.29 is 14.6 Å². The molecular formula is C20H23N3O4. The molecule has 2 unspecified atom stereocenters. The quantitative estimate of drug-likeness (QED) is 0.850. The summed E-state index contributed by atoms with van der Waals surface area (Å²) < 4.78 is 6.77. The van der Waals surface area contributed by atoms with E-state index in [9.17, 15) is 14.7 Å². The van der Waals surface area contributed by atoms with Crippen LogP contribution in [0.4, 0.5) is 0 Å². The molecule has 0 spiro atoms. The summed E-state index contributed by atoms with van der Waals surface area (Å²) in [5, 5.41) is 15.2. The molecule has 1 aliphatic rings. The summed E-state index contributed by atoms with van der Waals surface area (Å²) in [6, 6.07) is 10.9. The van der Waals surface area contributed by atoms with Gasteiger partial charge in [-0.2, -0.15) is 0 Å². The van der Waals surface area contributed by atoms with Gasteiger partial charge in [-0.25, -0.2) is 0 Å². The number of ether oxygens (including phenoxy) is 1. The number of hydrogen-bond donors (Lipinski definition) is 2. The van der Waals surface area contributed by atoms with Crippen molar-refractivity contribution in [1.29, 1.82) is 0 Å². The van der Waals surface area contributed by atoms with Crippen LogP contribution >= 0.6 is 0 Å². The first-order chi connectivity index (χ1) is 12.9. The van der Waals surface area contributed by atoms with Gasteiger partial charge in [-0.3, -0.25) is 19.3 Å². The normalized spacial score (nSPS) is 21.8. The van der Waals surface area contributed by atoms with Crippen molar-refractivity contribution in [2.75, 3.05) is 19.2 Å². The number of aromatic nitrogens is 1. The van der Waals surface area contributed by atoms with E-state index in [0.717, 1.165) is 5.56 Å². The van der Waals surface area contributed by atoms with Gasteiger partial charge in [-0.1, -0.05) is 36.4 Å². The van der Waals surface area contributed by atoms with Gasteiger partial charge in [-0.05, 0) is 18.9 Å². The largest absolute Gasteiger partial charge is 0.491 e. The van der Waals surface area contributed by atoms with Crippen molar-refractivity contribution in [3.05, 3.63) is 76.4 Å². The summed E-state index contributed by atoms with van der Waals surface area (Å²) in [5.41, 5.74) is -0.315. The maximum Gasteiger partial charge on any atom is 0.273 e. The minimum absolute atomic E-state index is 0.0549. The van der Waals surface area contributed by atoms with Crippen LogP contribution in [0, 0.1) is 0 Å². The van der Waals surface area contributed by atoms with E-state index in [2.05, 4.69) is 5.32 Å². The molecule has 2 N–H and O–H groups in total. The van der Waals surface area contributed by atoms with Gasteiger partial charge in [0.15, 0.2) is 11.4 Å². The number of carbonyl (C=O) groups excluding carboxylic acids is 1. The molecule has 1 amide bonds. The third-order valence-corrected chi connectivity index (χ3v) is 5.00. The SMILES string of the molecule is CNC(=O)c1c(OC)c(=O)ccn1N1C=CCC(O)C1(C)c1ccccc1. The second-order valence-corrected chi connectivity index (χ2v) is 6.48. The van der Waals surface area contributed by atoms with Crippen LogP contribution in [0.2, 0.25) is 0 Å². The minimum Gasteiger partial charge on any atom is -0.491 e. The Labute approximate surface area is 157 Å². The van der Waals surface area contributed by atoms with Gasteiger partial charge in [0, 0.05) is 25.5 Å². The predicted molar refractivity (Wildman–Crippen MR) is 102 cm³/mol. The van der Waals surface area contributed by atoms with Crippen molar-refractivity contribution in [3.63, 3.8) is 0 Å². The first-order valence-electron chi connectivity index (χ1n) is 8.66. The van der Waals surface area contributed by atoms with Crippen molar-refractivity contribution in [1.82, 2.24) is 9.99 Å². The van der Waals surface area contributed by atoms with E-state index in [1.165, 1.54) is 26.4 Å². The molecule has 0 fully saturated rings. The van der Waals surface area contributed by atoms with Gasteiger partial charge >= 0.3 is 0 Å². The Balaban J connectivity index is 2.28. The van der Waals surface area contributed by atoms with Crippen molar-refractivity contribution >= 4 is 5.91 Å². The molecule has 0 radical (unpaired) electrons. The summed E-state index contributed by atoms with van der Waals surface area (Å²) in [5.74, 6) is -0.519. The molecule has 0 saturated carbocycles. The molecule has 3 rings (SSSR count). The number of nitrogens with one attached hydrogen (secondary N) is 1. The fourth-order valence-electron chi connectivity index (χ4n) is 3.43. The van der Waals surface area contributed by atoms with Gasteiger partial charge in [0.05, 0.1) is 13.2 Å². The third-order valence-electron chi connectivity index (χ3n) is 5.00. The summed E-state index contributed by atoms with van der Waals surface area (Å²) >= 11 is 0. The maximum atomic E-state index is 12.6. The lowest BCUT2D eigenvalue weighted by molar-refractivity contribution is 0.0736. The molecule has 7 heteroatoms. The molecule has 2 atom stereocenters. The molecule has 2 aromatic rings. The Bertz CT molecular complexity index is 923. The van der Waals surface area contributed by atoms with Crippen LogP contribution in [0.1, 0.15) is 29.4 Å². The molecule has 0 bridgehead atoms. The molecule has 27 heavy (non-hydrogen) atoms. The highest BCUT2D eigenvalue weighted by atomic mass is 16.5. The number of benzene rings is 1. The molecule has 2 heterocycles. The van der Waals surface area contributed by atoms with Crippen LogP contribution in [0.5, 0.6) is 5.75 Å². The Morgan fingerprint density at radius 3 is 2.63 bits per heavy atom. The van der Waals surface area contributed by atoms with Gasteiger partial charge in [-0.15, -0.1) is 0 Å². The number of carbonyl (C=O) groups is 1. The highest BCUT2D eigenvalue weighted by Crippen LogP contribution is 2.36. The molecule has 1 aliphatic heterocycles. The van der Waals surface area contributed by atoms with Crippen LogP contribution in [0.25, 0.3) is 0 Å². The molecule has 0 aliphatic carbocycles. The van der Waals surface area contributed by atoms with E-state index >= 15 is 0 Å². The zero-order chi connectivity index (χ0) is 19.6. The van der Waals surface area contributed by atoms with Crippen LogP contribution in [0.3, 0.4) is 0 Å².